The number of benzene rings is 2. The summed E-state index contributed by atoms with van der Waals surface area (Å²) in [5.41, 5.74) is 4.79. The predicted molar refractivity (Wildman–Crippen MR) is 126 cm³/mol. The first-order chi connectivity index (χ1) is 15.2. The maximum absolute atomic E-state index is 5.31. The maximum atomic E-state index is 5.31. The SMILES string of the molecule is COc1ccc(C2=CC(c3cccs3)n3c(nc(C)cc3=Nc3ccccc3)N2)cc1. The molecule has 0 saturated heterocycles. The second-order valence-corrected chi connectivity index (χ2v) is 8.27. The zero-order valence-corrected chi connectivity index (χ0v) is 18.1. The standard InChI is InChI=1S/C25H22N4OS/c1-17-15-24(27-19-7-4-3-5-8-19)29-22(23-9-6-14-31-23)16-21(28-25(29)26-17)18-10-12-20(30-2)13-11-18/h3-16,22H,1-2H3,(H,26,28). The predicted octanol–water partition coefficient (Wildman–Crippen LogP) is 5.55. The molecule has 154 valence electrons. The van der Waals surface area contributed by atoms with E-state index in [0.29, 0.717) is 0 Å². The van der Waals surface area contributed by atoms with Crippen LogP contribution in [0.4, 0.5) is 11.6 Å². The Morgan fingerprint density at radius 2 is 1.84 bits per heavy atom. The van der Waals surface area contributed by atoms with Gasteiger partial charge in [-0.2, -0.15) is 0 Å². The summed E-state index contributed by atoms with van der Waals surface area (Å²) in [6.07, 6.45) is 2.24. The number of thiophene rings is 1. The topological polar surface area (TPSA) is 51.4 Å². The van der Waals surface area contributed by atoms with Crippen LogP contribution in [-0.4, -0.2) is 16.7 Å². The molecule has 2 aromatic carbocycles. The molecule has 1 atom stereocenters. The number of nitrogens with one attached hydrogen (secondary N) is 1. The highest BCUT2D eigenvalue weighted by atomic mass is 32.1. The smallest absolute Gasteiger partial charge is 0.210 e. The van der Waals surface area contributed by atoms with Gasteiger partial charge in [-0.25, -0.2) is 9.98 Å². The van der Waals surface area contributed by atoms with Crippen molar-refractivity contribution in [2.45, 2.75) is 13.0 Å². The van der Waals surface area contributed by atoms with Crippen LogP contribution in [0.1, 0.15) is 22.2 Å². The molecular weight excluding hydrogens is 404 g/mol. The van der Waals surface area contributed by atoms with E-state index in [1.165, 1.54) is 4.88 Å². The Morgan fingerprint density at radius 1 is 1.03 bits per heavy atom. The average molecular weight is 427 g/mol. The van der Waals surface area contributed by atoms with Gasteiger partial charge in [-0.05, 0) is 66.4 Å². The fourth-order valence-electron chi connectivity index (χ4n) is 3.70. The number of para-hydroxylation sites is 1. The van der Waals surface area contributed by atoms with Crippen molar-refractivity contribution in [3.8, 4) is 5.75 Å². The first kappa shape index (κ1) is 19.3. The monoisotopic (exact) mass is 426 g/mol. The lowest BCUT2D eigenvalue weighted by molar-refractivity contribution is 0.415. The molecule has 1 N–H and O–H groups in total. The van der Waals surface area contributed by atoms with Crippen LogP contribution in [0, 0.1) is 6.92 Å². The van der Waals surface area contributed by atoms with Crippen LogP contribution in [0.3, 0.4) is 0 Å². The van der Waals surface area contributed by atoms with Crippen LogP contribution in [0.2, 0.25) is 0 Å². The van der Waals surface area contributed by atoms with E-state index in [9.17, 15) is 0 Å². The number of nitrogens with zero attached hydrogens (tertiary/aromatic N) is 3. The third kappa shape index (κ3) is 3.90. The molecule has 31 heavy (non-hydrogen) atoms. The summed E-state index contributed by atoms with van der Waals surface area (Å²) in [4.78, 5) is 11.0. The van der Waals surface area contributed by atoms with Gasteiger partial charge in [0.15, 0.2) is 0 Å². The van der Waals surface area contributed by atoms with Gasteiger partial charge < -0.3 is 10.1 Å². The fourth-order valence-corrected chi connectivity index (χ4v) is 4.49. The van der Waals surface area contributed by atoms with Gasteiger partial charge in [-0.1, -0.05) is 24.3 Å². The molecule has 0 radical (unpaired) electrons. The quantitative estimate of drug-likeness (QED) is 0.465. The van der Waals surface area contributed by atoms with Gasteiger partial charge in [0.1, 0.15) is 11.2 Å². The molecule has 0 spiro atoms. The Balaban J connectivity index is 1.69. The van der Waals surface area contributed by atoms with Crippen molar-refractivity contribution in [1.29, 1.82) is 0 Å². The average Bonchev–Trinajstić information content (AvgIpc) is 3.34. The normalized spacial score (nSPS) is 15.7. The summed E-state index contributed by atoms with van der Waals surface area (Å²) < 4.78 is 7.48. The van der Waals surface area contributed by atoms with Crippen molar-refractivity contribution >= 4 is 28.7 Å². The number of fused-ring (bicyclic) bond motifs is 1. The van der Waals surface area contributed by atoms with E-state index >= 15 is 0 Å². The van der Waals surface area contributed by atoms with Crippen LogP contribution in [0.15, 0.2) is 89.2 Å². The van der Waals surface area contributed by atoms with Crippen molar-refractivity contribution in [1.82, 2.24) is 9.55 Å². The number of hydrogen-bond donors (Lipinski definition) is 1. The maximum Gasteiger partial charge on any atom is 0.210 e. The molecule has 5 rings (SSSR count). The summed E-state index contributed by atoms with van der Waals surface area (Å²) in [6, 6.07) is 24.4. The zero-order valence-electron chi connectivity index (χ0n) is 17.3. The number of ether oxygens (including phenoxy) is 1. The molecule has 0 amide bonds. The van der Waals surface area contributed by atoms with E-state index in [2.05, 4.69) is 45.6 Å². The van der Waals surface area contributed by atoms with Crippen LogP contribution < -0.4 is 15.5 Å². The van der Waals surface area contributed by atoms with Crippen molar-refractivity contribution in [3.05, 3.63) is 106 Å². The summed E-state index contributed by atoms with van der Waals surface area (Å²) in [5.74, 6) is 1.61. The molecule has 1 unspecified atom stereocenters. The fraction of sp³-hybridized carbons (Fsp3) is 0.120. The molecule has 0 bridgehead atoms. The van der Waals surface area contributed by atoms with E-state index in [1.54, 1.807) is 18.4 Å². The summed E-state index contributed by atoms with van der Waals surface area (Å²) in [5, 5.41) is 5.63. The van der Waals surface area contributed by atoms with Gasteiger partial charge in [0.25, 0.3) is 0 Å². The van der Waals surface area contributed by atoms with Gasteiger partial charge in [-0.15, -0.1) is 11.3 Å². The first-order valence-corrected chi connectivity index (χ1v) is 11.0. The van der Waals surface area contributed by atoms with Crippen molar-refractivity contribution in [2.24, 2.45) is 4.99 Å². The van der Waals surface area contributed by atoms with Gasteiger partial charge in [0, 0.05) is 22.3 Å². The van der Waals surface area contributed by atoms with E-state index in [1.807, 2.05) is 55.5 Å². The van der Waals surface area contributed by atoms with E-state index in [0.717, 1.165) is 39.8 Å². The third-order valence-corrected chi connectivity index (χ3v) is 6.12. The lowest BCUT2D eigenvalue weighted by Gasteiger charge is -2.28. The molecule has 2 aromatic heterocycles. The minimum atomic E-state index is -0.0103. The Morgan fingerprint density at radius 3 is 2.55 bits per heavy atom. The molecule has 6 heteroatoms. The molecule has 3 heterocycles. The minimum absolute atomic E-state index is 0.0103. The van der Waals surface area contributed by atoms with E-state index < -0.39 is 0 Å². The lowest BCUT2D eigenvalue weighted by atomic mass is 10.1. The van der Waals surface area contributed by atoms with E-state index in [4.69, 9.17) is 14.7 Å². The van der Waals surface area contributed by atoms with Crippen LogP contribution >= 0.6 is 11.3 Å². The summed E-state index contributed by atoms with van der Waals surface area (Å²) >= 11 is 1.73. The van der Waals surface area contributed by atoms with Crippen molar-refractivity contribution in [2.75, 3.05) is 12.4 Å². The third-order valence-electron chi connectivity index (χ3n) is 5.18. The molecule has 1 aliphatic rings. The van der Waals surface area contributed by atoms with Gasteiger partial charge in [0.05, 0.1) is 18.8 Å². The van der Waals surface area contributed by atoms with Crippen LogP contribution in [0.5, 0.6) is 5.75 Å². The largest absolute Gasteiger partial charge is 0.497 e. The molecule has 0 aliphatic carbocycles. The summed E-state index contributed by atoms with van der Waals surface area (Å²) in [6.45, 7) is 2.00. The minimum Gasteiger partial charge on any atom is -0.497 e. The van der Waals surface area contributed by atoms with Gasteiger partial charge in [0.2, 0.25) is 5.95 Å². The number of anilines is 1. The molecule has 1 aliphatic heterocycles. The number of methoxy groups -OCH3 is 1. The molecule has 0 fully saturated rings. The summed E-state index contributed by atoms with van der Waals surface area (Å²) in [7, 11) is 1.68. The Hall–Kier alpha value is -3.64. The second kappa shape index (κ2) is 8.24. The number of rotatable bonds is 4. The molecule has 4 aromatic rings. The molecule has 0 saturated carbocycles. The zero-order chi connectivity index (χ0) is 21.2. The van der Waals surface area contributed by atoms with Crippen molar-refractivity contribution < 1.29 is 4.74 Å². The Kier molecular flexibility index (Phi) is 5.14. The van der Waals surface area contributed by atoms with E-state index in [-0.39, 0.29) is 6.04 Å². The number of aryl methyl sites for hydroxylation is 1. The van der Waals surface area contributed by atoms with Gasteiger partial charge in [-0.3, -0.25) is 4.57 Å². The van der Waals surface area contributed by atoms with Crippen LogP contribution in [0.25, 0.3) is 5.70 Å². The highest BCUT2D eigenvalue weighted by Gasteiger charge is 2.24. The first-order valence-electron chi connectivity index (χ1n) is 10.1. The van der Waals surface area contributed by atoms with Gasteiger partial charge >= 0.3 is 0 Å². The van der Waals surface area contributed by atoms with Crippen molar-refractivity contribution in [3.63, 3.8) is 0 Å². The highest BCUT2D eigenvalue weighted by molar-refractivity contribution is 7.10. The number of allylic oxidation sites excluding steroid dienone is 1. The van der Waals surface area contributed by atoms with Crippen LogP contribution in [-0.2, 0) is 0 Å². The number of aromatic nitrogens is 2. The Bertz CT molecular complexity index is 1290. The highest BCUT2D eigenvalue weighted by Crippen LogP contribution is 2.34. The number of hydrogen-bond acceptors (Lipinski definition) is 5. The molecular formula is C25H22N4OS. The molecule has 5 nitrogen and oxygen atoms in total. The Labute approximate surface area is 185 Å². The second-order valence-electron chi connectivity index (χ2n) is 7.29. The lowest BCUT2D eigenvalue weighted by Crippen LogP contribution is -2.32.